The third-order valence-electron chi connectivity index (χ3n) is 5.41. The van der Waals surface area contributed by atoms with Crippen LogP contribution >= 0.6 is 86.9 Å². The van der Waals surface area contributed by atoms with Crippen LogP contribution in [-0.2, 0) is 0 Å². The molecule has 5 rings (SSSR count). The molecule has 0 fully saturated rings. The number of halogens is 6. The maximum atomic E-state index is 6.83. The molecule has 0 nitrogen and oxygen atoms in total. The van der Waals surface area contributed by atoms with Crippen LogP contribution in [0.5, 0.6) is 0 Å². The Bertz CT molecular complexity index is 1270. The number of hydrogen-bond donors (Lipinski definition) is 0. The molecular formula is C22H10Br4Cl2. The Labute approximate surface area is 205 Å². The van der Waals surface area contributed by atoms with Crippen molar-refractivity contribution in [1.29, 1.82) is 0 Å². The zero-order valence-electron chi connectivity index (χ0n) is 14.6. The van der Waals surface area contributed by atoms with E-state index in [0.717, 1.165) is 50.2 Å². The summed E-state index contributed by atoms with van der Waals surface area (Å²) in [5.41, 5.74) is 2.39. The minimum atomic E-state index is 0.687. The molecule has 0 saturated carbocycles. The van der Waals surface area contributed by atoms with Crippen molar-refractivity contribution in [2.45, 2.75) is 13.8 Å². The minimum absolute atomic E-state index is 0.687. The van der Waals surface area contributed by atoms with Crippen LogP contribution in [0.25, 0.3) is 43.1 Å². The van der Waals surface area contributed by atoms with Crippen LogP contribution in [0.3, 0.4) is 0 Å². The summed E-state index contributed by atoms with van der Waals surface area (Å²) in [5, 5.41) is 10.3. The number of fused-ring (bicyclic) bond motifs is 2. The first-order valence-corrected chi connectivity index (χ1v) is 12.4. The molecule has 0 bridgehead atoms. The topological polar surface area (TPSA) is 0 Å². The molecule has 0 aliphatic heterocycles. The van der Waals surface area contributed by atoms with E-state index in [1.165, 1.54) is 21.9 Å². The van der Waals surface area contributed by atoms with E-state index in [0.29, 0.717) is 10.0 Å². The van der Waals surface area contributed by atoms with Crippen molar-refractivity contribution in [3.05, 3.63) is 63.3 Å². The molecule has 0 aromatic heterocycles. The summed E-state index contributed by atoms with van der Waals surface area (Å²) in [6, 6.07) is 8.28. The SMILES string of the molecule is Cc1cc(Br)c2c(Br)cc(Cl)c3c4c(Cl)cc(Br)c5c(Br)cc(C)c(c1c23)c54. The van der Waals surface area contributed by atoms with Gasteiger partial charge in [-0.3, -0.25) is 0 Å². The van der Waals surface area contributed by atoms with Crippen molar-refractivity contribution in [1.82, 2.24) is 0 Å². The van der Waals surface area contributed by atoms with Crippen molar-refractivity contribution in [2.75, 3.05) is 0 Å². The van der Waals surface area contributed by atoms with Gasteiger partial charge in [-0.2, -0.15) is 0 Å². The van der Waals surface area contributed by atoms with E-state index >= 15 is 0 Å². The third kappa shape index (κ3) is 2.52. The number of aryl methyl sites for hydroxylation is 2. The summed E-state index contributed by atoms with van der Waals surface area (Å²) in [7, 11) is 0. The Morgan fingerprint density at radius 2 is 0.786 bits per heavy atom. The average molecular weight is 665 g/mol. The average Bonchev–Trinajstić information content (AvgIpc) is 2.58. The summed E-state index contributed by atoms with van der Waals surface area (Å²) >= 11 is 28.6. The van der Waals surface area contributed by atoms with Gasteiger partial charge >= 0.3 is 0 Å². The molecule has 0 amide bonds. The monoisotopic (exact) mass is 660 g/mol. The number of hydrogen-bond acceptors (Lipinski definition) is 0. The van der Waals surface area contributed by atoms with Crippen molar-refractivity contribution in [2.24, 2.45) is 0 Å². The second-order valence-corrected chi connectivity index (χ2v) is 11.3. The van der Waals surface area contributed by atoms with Crippen molar-refractivity contribution in [3.8, 4) is 0 Å². The van der Waals surface area contributed by atoms with Gasteiger partial charge < -0.3 is 0 Å². The largest absolute Gasteiger partial charge is 0.0836 e. The Hall–Kier alpha value is -0.100. The predicted octanol–water partition coefficient (Wildman–Crippen LogP) is 10.7. The Morgan fingerprint density at radius 3 is 1.14 bits per heavy atom. The molecule has 5 aromatic rings. The molecule has 5 aromatic carbocycles. The van der Waals surface area contributed by atoms with Gasteiger partial charge in [0.1, 0.15) is 0 Å². The van der Waals surface area contributed by atoms with Gasteiger partial charge in [0, 0.05) is 50.2 Å². The van der Waals surface area contributed by atoms with E-state index in [2.05, 4.69) is 89.7 Å². The lowest BCUT2D eigenvalue weighted by Gasteiger charge is -2.22. The van der Waals surface area contributed by atoms with Crippen molar-refractivity contribution >= 4 is 130 Å². The fraction of sp³-hybridized carbons (Fsp3) is 0.0909. The first-order chi connectivity index (χ1) is 13.2. The Balaban J connectivity index is 2.38. The summed E-state index contributed by atoms with van der Waals surface area (Å²) in [4.78, 5) is 0. The third-order valence-corrected chi connectivity index (χ3v) is 8.51. The molecule has 0 unspecified atom stereocenters. The van der Waals surface area contributed by atoms with Gasteiger partial charge in [-0.25, -0.2) is 0 Å². The highest BCUT2D eigenvalue weighted by atomic mass is 79.9. The quantitative estimate of drug-likeness (QED) is 0.114. The van der Waals surface area contributed by atoms with Gasteiger partial charge in [0.05, 0.1) is 10.0 Å². The fourth-order valence-electron chi connectivity index (χ4n) is 4.40. The maximum absolute atomic E-state index is 6.83. The molecule has 0 heterocycles. The van der Waals surface area contributed by atoms with E-state index in [9.17, 15) is 0 Å². The molecule has 140 valence electrons. The van der Waals surface area contributed by atoms with Crippen LogP contribution in [-0.4, -0.2) is 0 Å². The molecule has 0 N–H and O–H groups in total. The van der Waals surface area contributed by atoms with Crippen molar-refractivity contribution in [3.63, 3.8) is 0 Å². The molecule has 6 heteroatoms. The van der Waals surface area contributed by atoms with Crippen LogP contribution in [0.4, 0.5) is 0 Å². The van der Waals surface area contributed by atoms with Gasteiger partial charge in [0.15, 0.2) is 0 Å². The lowest BCUT2D eigenvalue weighted by atomic mass is 9.86. The Kier molecular flexibility index (Phi) is 4.75. The lowest BCUT2D eigenvalue weighted by Crippen LogP contribution is -1.95. The van der Waals surface area contributed by atoms with Gasteiger partial charge in [-0.1, -0.05) is 86.9 Å². The van der Waals surface area contributed by atoms with Crippen LogP contribution in [0, 0.1) is 13.8 Å². The van der Waals surface area contributed by atoms with E-state index in [1.54, 1.807) is 0 Å². The first-order valence-electron chi connectivity index (χ1n) is 8.44. The summed E-state index contributed by atoms with van der Waals surface area (Å²) in [6.07, 6.45) is 0. The fourth-order valence-corrected chi connectivity index (χ4v) is 8.59. The normalized spacial score (nSPS) is 12.3. The number of benzene rings is 5. The van der Waals surface area contributed by atoms with Gasteiger partial charge in [0.2, 0.25) is 0 Å². The van der Waals surface area contributed by atoms with E-state index in [1.807, 2.05) is 12.1 Å². The zero-order chi connectivity index (χ0) is 20.1. The van der Waals surface area contributed by atoms with Gasteiger partial charge in [-0.05, 0) is 60.0 Å². The molecule has 0 spiro atoms. The molecule has 0 radical (unpaired) electrons. The standard InChI is InChI=1S/C22H10Br4Cl2/c1-7-3-9(23)17-11(25)5-13(27)19-20-14(28)6-12(26)18-10(24)4-8(2)16(22(18)20)15(7)21(17)19/h3-6H,1-2H3. The lowest BCUT2D eigenvalue weighted by molar-refractivity contribution is 1.50. The van der Waals surface area contributed by atoms with Crippen LogP contribution in [0.2, 0.25) is 10.0 Å². The molecule has 28 heavy (non-hydrogen) atoms. The summed E-state index contributed by atoms with van der Waals surface area (Å²) in [6.45, 7) is 4.30. The second kappa shape index (κ2) is 6.70. The molecule has 0 aliphatic carbocycles. The van der Waals surface area contributed by atoms with E-state index in [4.69, 9.17) is 23.2 Å². The smallest absolute Gasteiger partial charge is 0.0503 e. The minimum Gasteiger partial charge on any atom is -0.0836 e. The second-order valence-electron chi connectivity index (χ2n) is 7.03. The highest BCUT2D eigenvalue weighted by Gasteiger charge is 2.24. The van der Waals surface area contributed by atoms with Gasteiger partial charge in [0.25, 0.3) is 0 Å². The van der Waals surface area contributed by atoms with Crippen LogP contribution in [0.1, 0.15) is 11.1 Å². The predicted molar refractivity (Wildman–Crippen MR) is 138 cm³/mol. The number of rotatable bonds is 0. The molecule has 0 aliphatic rings. The van der Waals surface area contributed by atoms with Crippen LogP contribution < -0.4 is 0 Å². The van der Waals surface area contributed by atoms with Crippen LogP contribution in [0.15, 0.2) is 42.2 Å². The first kappa shape index (κ1) is 19.8. The van der Waals surface area contributed by atoms with E-state index in [-0.39, 0.29) is 0 Å². The van der Waals surface area contributed by atoms with E-state index < -0.39 is 0 Å². The highest BCUT2D eigenvalue weighted by molar-refractivity contribution is 9.11. The molecule has 0 atom stereocenters. The highest BCUT2D eigenvalue weighted by Crippen LogP contribution is 2.52. The van der Waals surface area contributed by atoms with Crippen molar-refractivity contribution < 1.29 is 0 Å². The summed E-state index contributed by atoms with van der Waals surface area (Å²) in [5.74, 6) is 0. The zero-order valence-corrected chi connectivity index (χ0v) is 22.4. The molecular weight excluding hydrogens is 655 g/mol. The maximum Gasteiger partial charge on any atom is 0.0503 e. The summed E-state index contributed by atoms with van der Waals surface area (Å²) < 4.78 is 4.01. The Morgan fingerprint density at radius 1 is 0.464 bits per heavy atom. The molecule has 0 saturated heterocycles. The van der Waals surface area contributed by atoms with Gasteiger partial charge in [-0.15, -0.1) is 0 Å².